The smallest absolute Gasteiger partial charge is 0.262 e. The first-order valence-electron chi connectivity index (χ1n) is 14.0. The molecule has 7 rings (SSSR count). The number of nitrogens with one attached hydrogen (secondary N) is 3. The number of nitrogens with zero attached hydrogens (tertiary/aromatic N) is 5. The first-order valence-corrected chi connectivity index (χ1v) is 14.0. The quantitative estimate of drug-likeness (QED) is 0.205. The van der Waals surface area contributed by atoms with E-state index in [9.17, 15) is 19.2 Å². The van der Waals surface area contributed by atoms with Crippen LogP contribution in [0.5, 0.6) is 0 Å². The number of anilines is 1. The van der Waals surface area contributed by atoms with Crippen molar-refractivity contribution < 1.29 is 19.2 Å². The Morgan fingerprint density at radius 3 is 2.64 bits per heavy atom. The van der Waals surface area contributed by atoms with Crippen molar-refractivity contribution >= 4 is 40.3 Å². The SMILES string of the molecule is O=C1CCC(N2C(=O)c3ccc(NCCNCC4CC4n4cc(-c5cnc6ccccc6n5)cn4)cc3C2=O)C(=O)N1. The molecule has 12 heteroatoms. The van der Waals surface area contributed by atoms with Crippen molar-refractivity contribution in [3.05, 3.63) is 72.2 Å². The van der Waals surface area contributed by atoms with Crippen molar-refractivity contribution in [2.24, 2.45) is 5.92 Å². The Balaban J connectivity index is 0.885. The molecule has 2 aromatic carbocycles. The van der Waals surface area contributed by atoms with Crippen LogP contribution in [0.15, 0.2) is 61.1 Å². The van der Waals surface area contributed by atoms with E-state index in [2.05, 4.69) is 26.0 Å². The highest BCUT2D eigenvalue weighted by molar-refractivity contribution is 6.23. The van der Waals surface area contributed by atoms with Gasteiger partial charge < -0.3 is 10.6 Å². The fourth-order valence-electron chi connectivity index (χ4n) is 5.69. The largest absolute Gasteiger partial charge is 0.384 e. The zero-order valence-corrected chi connectivity index (χ0v) is 22.6. The van der Waals surface area contributed by atoms with Gasteiger partial charge in [-0.05, 0) is 49.1 Å². The summed E-state index contributed by atoms with van der Waals surface area (Å²) in [5.41, 5.74) is 4.73. The summed E-state index contributed by atoms with van der Waals surface area (Å²) in [7, 11) is 0. The lowest BCUT2D eigenvalue weighted by molar-refractivity contribution is -0.136. The number of carbonyl (C=O) groups excluding carboxylic acids is 4. The van der Waals surface area contributed by atoms with Gasteiger partial charge in [-0.15, -0.1) is 0 Å². The molecule has 0 spiro atoms. The summed E-state index contributed by atoms with van der Waals surface area (Å²) in [4.78, 5) is 59.8. The van der Waals surface area contributed by atoms with Crippen LogP contribution in [0.3, 0.4) is 0 Å². The van der Waals surface area contributed by atoms with E-state index < -0.39 is 29.7 Å². The van der Waals surface area contributed by atoms with Gasteiger partial charge in [-0.2, -0.15) is 5.10 Å². The lowest BCUT2D eigenvalue weighted by Gasteiger charge is -2.27. The second kappa shape index (κ2) is 10.5. The molecule has 1 saturated carbocycles. The number of para-hydroxylation sites is 2. The number of carbonyl (C=O) groups is 4. The molecule has 2 fully saturated rings. The van der Waals surface area contributed by atoms with E-state index in [-0.39, 0.29) is 24.0 Å². The normalized spacial score (nSPS) is 21.5. The van der Waals surface area contributed by atoms with E-state index in [1.54, 1.807) is 24.4 Å². The molecule has 2 aliphatic heterocycles. The number of rotatable bonds is 9. The van der Waals surface area contributed by atoms with Crippen molar-refractivity contribution in [2.45, 2.75) is 31.3 Å². The molecule has 212 valence electrons. The van der Waals surface area contributed by atoms with Gasteiger partial charge in [0.25, 0.3) is 11.8 Å². The Kier molecular flexibility index (Phi) is 6.46. The van der Waals surface area contributed by atoms with Crippen LogP contribution in [-0.4, -0.2) is 74.0 Å². The average Bonchev–Trinajstić information content (AvgIpc) is 3.51. The third-order valence-electron chi connectivity index (χ3n) is 8.05. The van der Waals surface area contributed by atoms with Gasteiger partial charge in [-0.25, -0.2) is 4.98 Å². The van der Waals surface area contributed by atoms with Gasteiger partial charge in [0.1, 0.15) is 6.04 Å². The van der Waals surface area contributed by atoms with Crippen LogP contribution >= 0.6 is 0 Å². The molecule has 0 radical (unpaired) electrons. The zero-order chi connectivity index (χ0) is 28.8. The van der Waals surface area contributed by atoms with Gasteiger partial charge >= 0.3 is 0 Å². The maximum Gasteiger partial charge on any atom is 0.262 e. The molecule has 3 unspecified atom stereocenters. The third kappa shape index (κ3) is 4.79. The summed E-state index contributed by atoms with van der Waals surface area (Å²) in [5, 5.41) is 13.5. The van der Waals surface area contributed by atoms with Crippen LogP contribution in [0.2, 0.25) is 0 Å². The molecule has 0 bridgehead atoms. The lowest BCUT2D eigenvalue weighted by atomic mass is 10.0. The van der Waals surface area contributed by atoms with Gasteiger partial charge in [0, 0.05) is 43.5 Å². The molecule has 2 aromatic heterocycles. The van der Waals surface area contributed by atoms with Crippen LogP contribution < -0.4 is 16.0 Å². The topological polar surface area (TPSA) is 151 Å². The Morgan fingerprint density at radius 1 is 0.952 bits per heavy atom. The van der Waals surface area contributed by atoms with Crippen LogP contribution in [-0.2, 0) is 9.59 Å². The molecule has 3 atom stereocenters. The number of hydrogen-bond acceptors (Lipinski definition) is 9. The Labute approximate surface area is 240 Å². The number of amides is 4. The highest BCUT2D eigenvalue weighted by Crippen LogP contribution is 2.42. The molecule has 4 amide bonds. The standard InChI is InChI=1S/C30H28N8O4/c39-27-8-7-25(28(40)36-27)38-29(41)20-6-5-19(12-21(20)30(38)42)32-10-9-31-13-17-11-26(17)37-16-18(14-34-37)24-15-33-22-3-1-2-4-23(22)35-24/h1-6,12,14-17,25-26,31-32H,7-11,13H2,(H,36,39,40). The first kappa shape index (κ1) is 26.0. The second-order valence-corrected chi connectivity index (χ2v) is 10.9. The summed E-state index contributed by atoms with van der Waals surface area (Å²) in [6, 6.07) is 12.2. The van der Waals surface area contributed by atoms with E-state index in [0.717, 1.165) is 40.2 Å². The zero-order valence-electron chi connectivity index (χ0n) is 22.6. The van der Waals surface area contributed by atoms with Crippen LogP contribution in [0.25, 0.3) is 22.3 Å². The predicted octanol–water partition coefficient (Wildman–Crippen LogP) is 2.16. The van der Waals surface area contributed by atoms with E-state index in [0.29, 0.717) is 30.7 Å². The average molecular weight is 565 g/mol. The first-order chi connectivity index (χ1) is 20.5. The van der Waals surface area contributed by atoms with Crippen LogP contribution in [0.1, 0.15) is 46.0 Å². The summed E-state index contributed by atoms with van der Waals surface area (Å²) < 4.78 is 2.01. The van der Waals surface area contributed by atoms with Crippen molar-refractivity contribution in [3.63, 3.8) is 0 Å². The number of benzene rings is 2. The van der Waals surface area contributed by atoms with Crippen LogP contribution in [0.4, 0.5) is 5.69 Å². The summed E-state index contributed by atoms with van der Waals surface area (Å²) in [6.45, 7) is 2.20. The number of imide groups is 2. The van der Waals surface area contributed by atoms with Gasteiger partial charge in [0.15, 0.2) is 0 Å². The minimum absolute atomic E-state index is 0.0920. The van der Waals surface area contributed by atoms with Crippen LogP contribution in [0, 0.1) is 5.92 Å². The Hall–Kier alpha value is -4.97. The summed E-state index contributed by atoms with van der Waals surface area (Å²) in [6.07, 6.45) is 6.93. The van der Waals surface area contributed by atoms with Crippen molar-refractivity contribution in [3.8, 4) is 11.3 Å². The van der Waals surface area contributed by atoms with E-state index in [4.69, 9.17) is 4.98 Å². The molecule has 1 saturated heterocycles. The van der Waals surface area contributed by atoms with E-state index >= 15 is 0 Å². The maximum atomic E-state index is 13.0. The Bertz CT molecular complexity index is 1750. The monoisotopic (exact) mass is 564 g/mol. The minimum Gasteiger partial charge on any atom is -0.384 e. The molecule has 3 N–H and O–H groups in total. The Morgan fingerprint density at radius 2 is 1.79 bits per heavy atom. The molecular weight excluding hydrogens is 536 g/mol. The summed E-state index contributed by atoms with van der Waals surface area (Å²) >= 11 is 0. The second-order valence-electron chi connectivity index (χ2n) is 10.9. The van der Waals surface area contributed by atoms with Crippen molar-refractivity contribution in [1.82, 2.24) is 35.3 Å². The molecule has 4 aromatic rings. The molecule has 3 aliphatic rings. The molecule has 12 nitrogen and oxygen atoms in total. The van der Waals surface area contributed by atoms with Crippen molar-refractivity contribution in [1.29, 1.82) is 0 Å². The van der Waals surface area contributed by atoms with Gasteiger partial charge in [0.2, 0.25) is 11.8 Å². The van der Waals surface area contributed by atoms with Gasteiger partial charge in [0.05, 0.1) is 46.3 Å². The fourth-order valence-corrected chi connectivity index (χ4v) is 5.69. The lowest BCUT2D eigenvalue weighted by Crippen LogP contribution is -2.54. The maximum absolute atomic E-state index is 13.0. The predicted molar refractivity (Wildman–Crippen MR) is 152 cm³/mol. The molecule has 1 aliphatic carbocycles. The number of piperidine rings is 1. The van der Waals surface area contributed by atoms with Gasteiger partial charge in [-0.3, -0.25) is 39.1 Å². The number of hydrogen-bond donors (Lipinski definition) is 3. The van der Waals surface area contributed by atoms with E-state index in [1.165, 1.54) is 0 Å². The molecular formula is C30H28N8O4. The minimum atomic E-state index is -0.970. The number of fused-ring (bicyclic) bond motifs is 2. The fraction of sp³-hybridized carbons (Fsp3) is 0.300. The highest BCUT2D eigenvalue weighted by Gasteiger charge is 2.44. The van der Waals surface area contributed by atoms with Gasteiger partial charge in [-0.1, -0.05) is 12.1 Å². The van der Waals surface area contributed by atoms with E-state index in [1.807, 2.05) is 41.3 Å². The summed E-state index contributed by atoms with van der Waals surface area (Å²) in [5.74, 6) is -1.54. The molecule has 4 heterocycles. The molecule has 42 heavy (non-hydrogen) atoms. The highest BCUT2D eigenvalue weighted by atomic mass is 16.2. The third-order valence-corrected chi connectivity index (χ3v) is 8.05. The van der Waals surface area contributed by atoms with Crippen molar-refractivity contribution in [2.75, 3.05) is 25.0 Å². The number of aromatic nitrogens is 4.